The second-order valence-electron chi connectivity index (χ2n) is 4.33. The molecule has 0 aliphatic rings. The molecule has 3 rings (SSSR count). The molecule has 21 heavy (non-hydrogen) atoms. The summed E-state index contributed by atoms with van der Waals surface area (Å²) in [5, 5.41) is 0. The Morgan fingerprint density at radius 3 is 2.43 bits per heavy atom. The number of anilines is 2. The smallest absolute Gasteiger partial charge is 0.228 e. The summed E-state index contributed by atoms with van der Waals surface area (Å²) in [7, 11) is 0. The van der Waals surface area contributed by atoms with Crippen LogP contribution in [-0.2, 0) is 0 Å². The van der Waals surface area contributed by atoms with Crippen LogP contribution < -0.4 is 16.2 Å². The summed E-state index contributed by atoms with van der Waals surface area (Å²) < 4.78 is 5.79. The lowest BCUT2D eigenvalue weighted by molar-refractivity contribution is 0.465. The molecule has 2 aromatic heterocycles. The summed E-state index contributed by atoms with van der Waals surface area (Å²) in [5.41, 5.74) is 13.3. The number of ether oxygens (including phenoxy) is 1. The molecular formula is C15H13N5O. The van der Waals surface area contributed by atoms with E-state index >= 15 is 0 Å². The molecule has 0 unspecified atom stereocenters. The van der Waals surface area contributed by atoms with Crippen molar-refractivity contribution < 1.29 is 4.74 Å². The third-order valence-electron chi connectivity index (χ3n) is 2.82. The molecular weight excluding hydrogens is 266 g/mol. The average molecular weight is 279 g/mol. The first-order valence-electron chi connectivity index (χ1n) is 6.30. The van der Waals surface area contributed by atoms with Crippen LogP contribution in [0.2, 0.25) is 0 Å². The minimum atomic E-state index is 0.204. The van der Waals surface area contributed by atoms with Gasteiger partial charge in [-0.3, -0.25) is 0 Å². The minimum absolute atomic E-state index is 0.204. The molecule has 104 valence electrons. The van der Waals surface area contributed by atoms with Gasteiger partial charge in [-0.1, -0.05) is 0 Å². The van der Waals surface area contributed by atoms with Gasteiger partial charge < -0.3 is 16.2 Å². The second-order valence-corrected chi connectivity index (χ2v) is 4.33. The SMILES string of the molecule is Nc1ccc(Oc2ncccc2-c2ccnc(N)n2)cc1. The van der Waals surface area contributed by atoms with E-state index in [1.807, 2.05) is 12.1 Å². The van der Waals surface area contributed by atoms with Crippen LogP contribution in [0, 0.1) is 0 Å². The summed E-state index contributed by atoms with van der Waals surface area (Å²) in [5.74, 6) is 1.29. The highest BCUT2D eigenvalue weighted by Gasteiger charge is 2.10. The zero-order valence-electron chi connectivity index (χ0n) is 11.1. The number of nitrogen functional groups attached to an aromatic ring is 2. The van der Waals surface area contributed by atoms with Gasteiger partial charge in [-0.2, -0.15) is 0 Å². The lowest BCUT2D eigenvalue weighted by atomic mass is 10.2. The number of aromatic nitrogens is 3. The van der Waals surface area contributed by atoms with Gasteiger partial charge in [-0.15, -0.1) is 0 Å². The lowest BCUT2D eigenvalue weighted by Crippen LogP contribution is -1.97. The molecule has 0 saturated carbocycles. The van der Waals surface area contributed by atoms with Crippen LogP contribution in [0.4, 0.5) is 11.6 Å². The van der Waals surface area contributed by atoms with Crippen molar-refractivity contribution in [3.63, 3.8) is 0 Å². The molecule has 0 atom stereocenters. The molecule has 6 nitrogen and oxygen atoms in total. The molecule has 0 amide bonds. The molecule has 0 aliphatic heterocycles. The first-order valence-corrected chi connectivity index (χ1v) is 6.30. The average Bonchev–Trinajstić information content (AvgIpc) is 2.50. The van der Waals surface area contributed by atoms with Crippen molar-refractivity contribution in [1.29, 1.82) is 0 Å². The van der Waals surface area contributed by atoms with Crippen LogP contribution in [-0.4, -0.2) is 15.0 Å². The van der Waals surface area contributed by atoms with E-state index < -0.39 is 0 Å². The van der Waals surface area contributed by atoms with E-state index in [0.29, 0.717) is 23.0 Å². The predicted molar refractivity (Wildman–Crippen MR) is 80.6 cm³/mol. The number of nitrogens with two attached hydrogens (primary N) is 2. The molecule has 0 aliphatic carbocycles. The first kappa shape index (κ1) is 12.9. The van der Waals surface area contributed by atoms with Gasteiger partial charge in [-0.25, -0.2) is 15.0 Å². The molecule has 0 fully saturated rings. The number of hydrogen-bond donors (Lipinski definition) is 2. The Morgan fingerprint density at radius 1 is 0.857 bits per heavy atom. The van der Waals surface area contributed by atoms with E-state index in [4.69, 9.17) is 16.2 Å². The Kier molecular flexibility index (Phi) is 3.34. The highest BCUT2D eigenvalue weighted by atomic mass is 16.5. The maximum Gasteiger partial charge on any atom is 0.228 e. The quantitative estimate of drug-likeness (QED) is 0.714. The van der Waals surface area contributed by atoms with Crippen LogP contribution >= 0.6 is 0 Å². The maximum absolute atomic E-state index is 5.79. The van der Waals surface area contributed by atoms with Gasteiger partial charge in [0.1, 0.15) is 5.75 Å². The molecule has 0 radical (unpaired) electrons. The van der Waals surface area contributed by atoms with Crippen LogP contribution in [0.25, 0.3) is 11.3 Å². The zero-order chi connectivity index (χ0) is 14.7. The fraction of sp³-hybridized carbons (Fsp3) is 0. The van der Waals surface area contributed by atoms with Crippen LogP contribution in [0.1, 0.15) is 0 Å². The third-order valence-corrected chi connectivity index (χ3v) is 2.82. The standard InChI is InChI=1S/C15H13N5O/c16-10-3-5-11(6-4-10)21-14-12(2-1-8-18-14)13-7-9-19-15(17)20-13/h1-9H,16H2,(H2,17,19,20). The van der Waals surface area contributed by atoms with Crippen molar-refractivity contribution >= 4 is 11.6 Å². The predicted octanol–water partition coefficient (Wildman–Crippen LogP) is 2.50. The molecule has 0 saturated heterocycles. The van der Waals surface area contributed by atoms with Crippen LogP contribution in [0.15, 0.2) is 54.9 Å². The summed E-state index contributed by atoms with van der Waals surface area (Å²) in [6, 6.07) is 12.5. The van der Waals surface area contributed by atoms with E-state index in [9.17, 15) is 0 Å². The Hall–Kier alpha value is -3.15. The largest absolute Gasteiger partial charge is 0.438 e. The molecule has 0 bridgehead atoms. The van der Waals surface area contributed by atoms with Crippen molar-refractivity contribution in [3.05, 3.63) is 54.9 Å². The summed E-state index contributed by atoms with van der Waals surface area (Å²) >= 11 is 0. The number of pyridine rings is 1. The van der Waals surface area contributed by atoms with Gasteiger partial charge in [0.25, 0.3) is 0 Å². The van der Waals surface area contributed by atoms with Gasteiger partial charge >= 0.3 is 0 Å². The van der Waals surface area contributed by atoms with Crippen molar-refractivity contribution in [3.8, 4) is 22.9 Å². The van der Waals surface area contributed by atoms with Gasteiger partial charge in [0, 0.05) is 18.1 Å². The highest BCUT2D eigenvalue weighted by molar-refractivity contribution is 5.65. The number of benzene rings is 1. The Morgan fingerprint density at radius 2 is 1.67 bits per heavy atom. The van der Waals surface area contributed by atoms with Gasteiger partial charge in [0.15, 0.2) is 0 Å². The normalized spacial score (nSPS) is 10.3. The van der Waals surface area contributed by atoms with Gasteiger partial charge in [0.2, 0.25) is 11.8 Å². The van der Waals surface area contributed by atoms with Crippen LogP contribution in [0.5, 0.6) is 11.6 Å². The number of rotatable bonds is 3. The van der Waals surface area contributed by atoms with E-state index in [1.165, 1.54) is 0 Å². The lowest BCUT2D eigenvalue weighted by Gasteiger charge is -2.09. The topological polar surface area (TPSA) is 99.9 Å². The number of nitrogens with zero attached hydrogens (tertiary/aromatic N) is 3. The maximum atomic E-state index is 5.79. The molecule has 0 spiro atoms. The van der Waals surface area contributed by atoms with E-state index in [1.54, 1.807) is 42.7 Å². The zero-order valence-corrected chi connectivity index (χ0v) is 11.1. The summed E-state index contributed by atoms with van der Waals surface area (Å²) in [4.78, 5) is 12.3. The van der Waals surface area contributed by atoms with E-state index in [-0.39, 0.29) is 5.95 Å². The monoisotopic (exact) mass is 279 g/mol. The minimum Gasteiger partial charge on any atom is -0.438 e. The van der Waals surface area contributed by atoms with Crippen LogP contribution in [0.3, 0.4) is 0 Å². The fourth-order valence-electron chi connectivity index (χ4n) is 1.84. The second kappa shape index (κ2) is 5.46. The summed E-state index contributed by atoms with van der Waals surface area (Å²) in [6.45, 7) is 0. The molecule has 1 aromatic carbocycles. The highest BCUT2D eigenvalue weighted by Crippen LogP contribution is 2.30. The van der Waals surface area contributed by atoms with Crippen molar-refractivity contribution in [2.45, 2.75) is 0 Å². The molecule has 2 heterocycles. The van der Waals surface area contributed by atoms with E-state index in [0.717, 1.165) is 5.56 Å². The van der Waals surface area contributed by atoms with E-state index in [2.05, 4.69) is 15.0 Å². The van der Waals surface area contributed by atoms with Crippen molar-refractivity contribution in [2.75, 3.05) is 11.5 Å². The number of hydrogen-bond acceptors (Lipinski definition) is 6. The summed E-state index contributed by atoms with van der Waals surface area (Å²) in [6.07, 6.45) is 3.25. The molecule has 4 N–H and O–H groups in total. The Labute approximate surface area is 121 Å². The van der Waals surface area contributed by atoms with Gasteiger partial charge in [-0.05, 0) is 42.5 Å². The molecule has 3 aromatic rings. The third kappa shape index (κ3) is 2.89. The van der Waals surface area contributed by atoms with Crippen molar-refractivity contribution in [1.82, 2.24) is 15.0 Å². The fourth-order valence-corrected chi connectivity index (χ4v) is 1.84. The Balaban J connectivity index is 1.98. The van der Waals surface area contributed by atoms with Gasteiger partial charge in [0.05, 0.1) is 11.3 Å². The van der Waals surface area contributed by atoms with Crippen molar-refractivity contribution in [2.24, 2.45) is 0 Å². The Bertz CT molecular complexity index is 758. The first-order chi connectivity index (χ1) is 10.2. The molecule has 6 heteroatoms.